The van der Waals surface area contributed by atoms with E-state index < -0.39 is 0 Å². The maximum Gasteiger partial charge on any atom is 0.221 e. The Morgan fingerprint density at radius 3 is 1.37 bits per heavy atom. The lowest BCUT2D eigenvalue weighted by Gasteiger charge is -2.21. The monoisotopic (exact) mass is 702 g/mol. The zero-order chi connectivity index (χ0) is 38.6. The van der Waals surface area contributed by atoms with Crippen molar-refractivity contribution in [2.45, 2.75) is 61.0 Å². The van der Waals surface area contributed by atoms with Gasteiger partial charge in [0.05, 0.1) is 12.3 Å². The minimum Gasteiger partial charge on any atom is -0.508 e. The minimum atomic E-state index is -0.363. The summed E-state index contributed by atoms with van der Waals surface area (Å²) in [4.78, 5) is 64.2. The number of carbonyl (C=O) groups is 6. The van der Waals surface area contributed by atoms with Crippen molar-refractivity contribution >= 4 is 52.3 Å². The normalized spacial score (nSPS) is 11.3. The molecule has 0 heterocycles. The molecule has 13 nitrogen and oxygen atoms in total. The van der Waals surface area contributed by atoms with E-state index in [0.29, 0.717) is 12.3 Å². The van der Waals surface area contributed by atoms with Crippen LogP contribution in [-0.2, 0) is 28.8 Å². The highest BCUT2D eigenvalue weighted by Crippen LogP contribution is 2.20. The van der Waals surface area contributed by atoms with E-state index in [1.807, 2.05) is 76.2 Å². The molecule has 0 fully saturated rings. The van der Waals surface area contributed by atoms with Gasteiger partial charge in [0.1, 0.15) is 22.8 Å². The molecule has 3 aromatic rings. The van der Waals surface area contributed by atoms with Crippen LogP contribution in [0.3, 0.4) is 0 Å². The molecule has 5 N–H and O–H groups in total. The zero-order valence-electron chi connectivity index (χ0n) is 30.1. The van der Waals surface area contributed by atoms with Crippen LogP contribution in [0.25, 0.3) is 0 Å². The van der Waals surface area contributed by atoms with Gasteiger partial charge in [0, 0.05) is 50.8 Å². The molecule has 0 saturated carbocycles. The van der Waals surface area contributed by atoms with Crippen LogP contribution in [0.2, 0.25) is 0 Å². The Kier molecular flexibility index (Phi) is 18.2. The first kappa shape index (κ1) is 42.8. The summed E-state index contributed by atoms with van der Waals surface area (Å²) in [5.74, 6) is 0.549. The van der Waals surface area contributed by atoms with Crippen LogP contribution >= 0.6 is 0 Å². The van der Waals surface area contributed by atoms with Crippen molar-refractivity contribution in [2.75, 3.05) is 22.6 Å². The van der Waals surface area contributed by atoms with E-state index in [1.54, 1.807) is 12.1 Å². The topological polar surface area (TPSA) is 189 Å². The van der Waals surface area contributed by atoms with Crippen molar-refractivity contribution in [3.05, 3.63) is 96.7 Å². The standard InChI is InChI=1S/C12H17NO2.C10H13NO2.C8H7NO3.C8H9NO2/c1-9(14)13-10-5-7-11(8-6-10)15-12(2,3)4;1-3-13-10-6-4-9(5-7-10)11-8(2)12;1-5(10)9-7-4-6(11)2-3-8(7)12;1-6(10)9-7-2-4-8(11)5-3-7/h5-8H,1-4H3,(H,13,14);4-7H,3H2,1-2H3,(H,11,12);2-4H,1H3,(H,9,10);2-5,11H,1H3,(H,9,10). The van der Waals surface area contributed by atoms with Crippen LogP contribution in [0.5, 0.6) is 17.2 Å². The van der Waals surface area contributed by atoms with Gasteiger partial charge in [0.2, 0.25) is 29.4 Å². The van der Waals surface area contributed by atoms with Crippen LogP contribution in [0.1, 0.15) is 55.4 Å². The van der Waals surface area contributed by atoms with Crippen LogP contribution in [0.4, 0.5) is 17.1 Å². The summed E-state index contributed by atoms with van der Waals surface area (Å²) in [5, 5.41) is 19.1. The number of allylic oxidation sites excluding steroid dienone is 3. The summed E-state index contributed by atoms with van der Waals surface area (Å²) in [6.07, 6.45) is 3.39. The van der Waals surface area contributed by atoms with Crippen molar-refractivity contribution < 1.29 is 43.3 Å². The number of phenolic OH excluding ortho intramolecular Hbond substituents is 1. The van der Waals surface area contributed by atoms with Gasteiger partial charge in [-0.25, -0.2) is 0 Å². The molecule has 0 saturated heterocycles. The van der Waals surface area contributed by atoms with E-state index in [0.717, 1.165) is 41.1 Å². The van der Waals surface area contributed by atoms with Gasteiger partial charge in [-0.2, -0.15) is 0 Å². The van der Waals surface area contributed by atoms with E-state index in [-0.39, 0.29) is 52.2 Å². The molecule has 51 heavy (non-hydrogen) atoms. The highest BCUT2D eigenvalue weighted by atomic mass is 16.5. The number of aromatic hydroxyl groups is 1. The molecular weight excluding hydrogens is 656 g/mol. The predicted molar refractivity (Wildman–Crippen MR) is 197 cm³/mol. The smallest absolute Gasteiger partial charge is 0.221 e. The van der Waals surface area contributed by atoms with Crippen LogP contribution in [0.15, 0.2) is 96.7 Å². The third-order valence-corrected chi connectivity index (χ3v) is 5.53. The van der Waals surface area contributed by atoms with Crippen LogP contribution in [-0.4, -0.2) is 52.5 Å². The van der Waals surface area contributed by atoms with Crippen LogP contribution in [0, 0.1) is 0 Å². The first-order chi connectivity index (χ1) is 23.9. The molecule has 3 aromatic carbocycles. The number of ketones is 2. The van der Waals surface area contributed by atoms with E-state index in [9.17, 15) is 28.8 Å². The first-order valence-corrected chi connectivity index (χ1v) is 15.8. The second-order valence-electron chi connectivity index (χ2n) is 11.6. The predicted octanol–water partition coefficient (Wildman–Crippen LogP) is 5.93. The average molecular weight is 703 g/mol. The Bertz CT molecular complexity index is 1690. The number of hydrogen-bond donors (Lipinski definition) is 5. The molecule has 4 amide bonds. The third kappa shape index (κ3) is 20.7. The molecule has 0 unspecified atom stereocenters. The van der Waals surface area contributed by atoms with Crippen molar-refractivity contribution in [1.82, 2.24) is 5.32 Å². The number of anilines is 3. The maximum atomic E-state index is 11.0. The molecule has 13 heteroatoms. The lowest BCUT2D eigenvalue weighted by atomic mass is 10.1. The molecule has 0 radical (unpaired) electrons. The molecule has 272 valence electrons. The van der Waals surface area contributed by atoms with Gasteiger partial charge >= 0.3 is 0 Å². The molecule has 4 rings (SSSR count). The quantitative estimate of drug-likeness (QED) is 0.147. The minimum absolute atomic E-state index is 0.0370. The number of hydrogen-bond acceptors (Lipinski definition) is 9. The molecular formula is C38H46N4O9. The highest BCUT2D eigenvalue weighted by molar-refractivity contribution is 6.18. The zero-order valence-corrected chi connectivity index (χ0v) is 30.1. The number of carbonyl (C=O) groups excluding carboxylic acids is 6. The van der Waals surface area contributed by atoms with Crippen LogP contribution < -0.4 is 30.7 Å². The van der Waals surface area contributed by atoms with Gasteiger partial charge in [-0.15, -0.1) is 0 Å². The number of benzene rings is 3. The van der Waals surface area contributed by atoms with Gasteiger partial charge in [-0.1, -0.05) is 0 Å². The van der Waals surface area contributed by atoms with E-state index >= 15 is 0 Å². The average Bonchev–Trinajstić information content (AvgIpc) is 3.02. The first-order valence-electron chi connectivity index (χ1n) is 15.8. The number of rotatable bonds is 7. The molecule has 1 aliphatic carbocycles. The summed E-state index contributed by atoms with van der Waals surface area (Å²) in [7, 11) is 0. The fraction of sp³-hybridized carbons (Fsp3) is 0.263. The lowest BCUT2D eigenvalue weighted by molar-refractivity contribution is -0.120. The van der Waals surface area contributed by atoms with E-state index in [2.05, 4.69) is 21.3 Å². The maximum absolute atomic E-state index is 11.0. The summed E-state index contributed by atoms with van der Waals surface area (Å²) in [6, 6.07) is 20.9. The largest absolute Gasteiger partial charge is 0.508 e. The molecule has 0 bridgehead atoms. The number of nitrogens with one attached hydrogen (secondary N) is 4. The summed E-state index contributed by atoms with van der Waals surface area (Å²) in [6.45, 7) is 14.2. The Morgan fingerprint density at radius 2 is 1.00 bits per heavy atom. The van der Waals surface area contributed by atoms with Gasteiger partial charge in [0.15, 0.2) is 5.78 Å². The van der Waals surface area contributed by atoms with Gasteiger partial charge in [-0.05, 0) is 113 Å². The molecule has 0 aromatic heterocycles. The molecule has 0 spiro atoms. The second kappa shape index (κ2) is 21.7. The molecule has 0 aliphatic heterocycles. The van der Waals surface area contributed by atoms with Crippen molar-refractivity contribution in [1.29, 1.82) is 0 Å². The lowest BCUT2D eigenvalue weighted by Crippen LogP contribution is -2.26. The van der Waals surface area contributed by atoms with Crippen molar-refractivity contribution in [2.24, 2.45) is 0 Å². The fourth-order valence-corrected chi connectivity index (χ4v) is 3.71. The number of ether oxygens (including phenoxy) is 2. The summed E-state index contributed by atoms with van der Waals surface area (Å²) in [5.41, 5.74) is 2.10. The molecule has 0 atom stereocenters. The summed E-state index contributed by atoms with van der Waals surface area (Å²) < 4.78 is 10.9. The second-order valence-corrected chi connectivity index (χ2v) is 11.6. The van der Waals surface area contributed by atoms with Crippen molar-refractivity contribution in [3.8, 4) is 17.2 Å². The van der Waals surface area contributed by atoms with Gasteiger partial charge in [-0.3, -0.25) is 28.8 Å². The van der Waals surface area contributed by atoms with E-state index in [1.165, 1.54) is 39.8 Å². The fourth-order valence-electron chi connectivity index (χ4n) is 3.71. The highest BCUT2D eigenvalue weighted by Gasteiger charge is 2.13. The summed E-state index contributed by atoms with van der Waals surface area (Å²) >= 11 is 0. The van der Waals surface area contributed by atoms with Crippen molar-refractivity contribution in [3.63, 3.8) is 0 Å². The Balaban J connectivity index is 0.000000342. The van der Waals surface area contributed by atoms with E-state index in [4.69, 9.17) is 14.6 Å². The van der Waals surface area contributed by atoms with Gasteiger partial charge < -0.3 is 35.8 Å². The Labute approximate surface area is 298 Å². The number of phenols is 1. The van der Waals surface area contributed by atoms with Gasteiger partial charge in [0.25, 0.3) is 0 Å². The Hall–Kier alpha value is -6.24. The third-order valence-electron chi connectivity index (χ3n) is 5.53. The SMILES string of the molecule is CC(=O)NC1=CC(=O)C=CC1=O.CC(=O)Nc1ccc(O)cc1.CC(=O)Nc1ccc(OC(C)(C)C)cc1.CCOc1ccc(NC(C)=O)cc1. The molecule has 1 aliphatic rings. The number of amides is 4. The Morgan fingerprint density at radius 1 is 0.608 bits per heavy atom.